The predicted molar refractivity (Wildman–Crippen MR) is 612 cm³/mol. The number of benzene rings is 8. The minimum atomic E-state index is -0.599. The smallest absolute Gasteiger partial charge is 0.337 e. The number of aromatic hydroxyl groups is 8. The molecular weight excluding hydrogens is 1760 g/mol. The molecule has 1 aliphatic carbocycles. The highest BCUT2D eigenvalue weighted by Gasteiger charge is 2.37. The van der Waals surface area contributed by atoms with Crippen LogP contribution in [0.2, 0.25) is 0 Å². The van der Waals surface area contributed by atoms with Crippen molar-refractivity contribution < 1.29 is 59.5 Å². The molecule has 9 rings (SSSR count). The second-order valence-corrected chi connectivity index (χ2v) is 53.6. The van der Waals surface area contributed by atoms with Crippen LogP contribution in [0.3, 0.4) is 0 Å². The molecule has 0 aliphatic heterocycles. The van der Waals surface area contributed by atoms with E-state index in [4.69, 9.17) is 16.0 Å². The Labute approximate surface area is 868 Å². The van der Waals surface area contributed by atoms with Gasteiger partial charge < -0.3 is 50.3 Å². The van der Waals surface area contributed by atoms with Gasteiger partial charge in [0, 0.05) is 44.5 Å². The summed E-state index contributed by atoms with van der Waals surface area (Å²) in [4.78, 5) is 14.8. The molecule has 0 unspecified atom stereocenters. The Morgan fingerprint density at radius 2 is 0.570 bits per heavy atom. The molecule has 0 atom stereocenters. The maximum atomic E-state index is 13.6. The number of esters is 1. The lowest BCUT2D eigenvalue weighted by atomic mass is 9.75. The summed E-state index contributed by atoms with van der Waals surface area (Å²) in [7, 11) is 1.36. The van der Waals surface area contributed by atoms with Gasteiger partial charge in [-0.3, -0.25) is 0 Å². The lowest BCUT2D eigenvalue weighted by Crippen LogP contribution is -2.19. The highest BCUT2D eigenvalue weighted by Crippen LogP contribution is 2.51. The largest absolute Gasteiger partial charge is 0.519 e. The van der Waals surface area contributed by atoms with Crippen LogP contribution in [-0.4, -0.2) is 60.5 Å². The molecule has 1 aliphatic rings. The SMILES string of the molecule is C.C.C.C.CC(C)(C)c1cc(-c2cc(C(C)(C)C)c(O)c(C(C)(C)C)c2)cc(C(C)(C)C)c1O.CC(C)(C)c1cc(Cc2cc(C(C)(C)C)c(O)c(C(C)(C)C)c2)cc(C(C)(C)C)c1O.CCCCCCCc1cc(C(C)(C)C)c(O)c(C(C)(C)C)c1.CCOc1cc(C(C)(C)C)c(O)c(C(C)(C)C)c1.COC(=O)c1cc(C(C)(C)C)c(O)c(C(C)(C)C)c1.[C-]#[N+]c1c(O)cc(C2CCC(CC)CC2)cc1F. The summed E-state index contributed by atoms with van der Waals surface area (Å²) in [6.45, 7) is 103. The first-order valence-electron chi connectivity index (χ1n) is 51.0. The fraction of sp³-hybridized carbons (Fsp3) is 0.612. The average Bonchev–Trinajstić information content (AvgIpc) is 0.749. The van der Waals surface area contributed by atoms with E-state index < -0.39 is 5.82 Å². The van der Waals surface area contributed by atoms with E-state index in [1.54, 1.807) is 18.2 Å². The first-order chi connectivity index (χ1) is 62.2. The van der Waals surface area contributed by atoms with Gasteiger partial charge in [-0.1, -0.05) is 403 Å². The van der Waals surface area contributed by atoms with Crippen LogP contribution in [-0.2, 0) is 93.4 Å². The van der Waals surface area contributed by atoms with E-state index in [0.29, 0.717) is 52.6 Å². The number of ether oxygens (including phenoxy) is 2. The Hall–Kier alpha value is -9.15. The molecule has 0 saturated heterocycles. The van der Waals surface area contributed by atoms with Crippen LogP contribution in [0.15, 0.2) is 97.1 Å². The highest BCUT2D eigenvalue weighted by molar-refractivity contribution is 5.90. The van der Waals surface area contributed by atoms with Crippen LogP contribution in [0.1, 0.15) is 522 Å². The van der Waals surface area contributed by atoms with E-state index in [1.165, 1.54) is 81.2 Å². The standard InChI is InChI=1S/C29H44O2.C28H42O2.C21H36O.C16H24O3.C16H26O2.C15H18FNO.4CH4/c1-26(2,3)20-14-18(15-21(24(20)30)27(4,5)6)13-19-16-22(28(7,8)9)25(31)23(17-19)29(10,11)12;1-25(2,3)19-13-17(14-20(23(19)29)26(4,5)6)18-15-21(27(7,8)9)24(30)22(16-18)28(10,11)12;1-8-9-10-11-12-13-16-14-17(20(2,3)4)19(22)18(15-16)21(5,6)7;1-15(2,3)11-8-10(14(18)19-7)9-12(13(11)17)16(4,5)6;1-8-18-11-9-12(15(2,3)4)14(17)13(10-11)16(5,6)7;1-3-10-4-6-11(7-5-10)12-8-13(16)15(17-2)14(18)9-12;;;;/h14-17,30-31H,13H2,1-12H3;13-16,29-30H,1-12H3;14-15,22H,8-13H2,1-7H3;8-9,17H,1-7H3;9-10,17H,8H2,1-7H3;8-11,18H,3-7H2,1H3;4*1H4. The predicted octanol–water partition coefficient (Wildman–Crippen LogP) is 37.8. The summed E-state index contributed by atoms with van der Waals surface area (Å²) in [5.74, 6) is 3.54. The van der Waals surface area contributed by atoms with Gasteiger partial charge in [0.05, 0.1) is 25.9 Å². The van der Waals surface area contributed by atoms with E-state index in [2.05, 4.69) is 329 Å². The molecule has 12 nitrogen and oxygen atoms in total. The zero-order valence-electron chi connectivity index (χ0n) is 95.2. The summed E-state index contributed by atoms with van der Waals surface area (Å²) < 4.78 is 24.0. The number of hydrogen-bond acceptors (Lipinski definition) is 11. The van der Waals surface area contributed by atoms with Crippen molar-refractivity contribution in [1.82, 2.24) is 0 Å². The second kappa shape index (κ2) is 50.3. The van der Waals surface area contributed by atoms with E-state index in [-0.39, 0.29) is 129 Å². The van der Waals surface area contributed by atoms with Gasteiger partial charge in [0.2, 0.25) is 0 Å². The molecule has 142 heavy (non-hydrogen) atoms. The summed E-state index contributed by atoms with van der Waals surface area (Å²) >= 11 is 0. The number of carbonyl (C=O) groups is 1. The number of unbranched alkanes of at least 4 members (excludes halogenated alkanes) is 4. The molecule has 0 bridgehead atoms. The molecule has 1 saturated carbocycles. The first kappa shape index (κ1) is 133. The molecular formula is C129H206FNO11. The number of hydrogen-bond donors (Lipinski definition) is 8. The summed E-state index contributed by atoms with van der Waals surface area (Å²) in [5.41, 5.74) is 18.3. The topological polar surface area (TPSA) is 202 Å². The van der Waals surface area contributed by atoms with Crippen molar-refractivity contribution in [3.63, 3.8) is 0 Å². The van der Waals surface area contributed by atoms with Crippen molar-refractivity contribution in [3.8, 4) is 62.9 Å². The number of nitrogens with zero attached hydrogens (tertiary/aromatic N) is 1. The summed E-state index contributed by atoms with van der Waals surface area (Å²) in [5, 5.41) is 85.7. The van der Waals surface area contributed by atoms with Crippen LogP contribution in [0, 0.1) is 18.3 Å². The Morgan fingerprint density at radius 1 is 0.331 bits per heavy atom. The van der Waals surface area contributed by atoms with Crippen molar-refractivity contribution in [2.45, 2.75) is 500 Å². The summed E-state index contributed by atoms with van der Waals surface area (Å²) in [6.07, 6.45) is 14.1. The highest BCUT2D eigenvalue weighted by atomic mass is 19.1. The maximum absolute atomic E-state index is 13.6. The third-order valence-corrected chi connectivity index (χ3v) is 26.4. The van der Waals surface area contributed by atoms with Crippen molar-refractivity contribution in [2.75, 3.05) is 13.7 Å². The molecule has 0 amide bonds. The van der Waals surface area contributed by atoms with E-state index >= 15 is 0 Å². The van der Waals surface area contributed by atoms with Gasteiger partial charge in [-0.05, 0) is 267 Å². The molecule has 0 spiro atoms. The second-order valence-electron chi connectivity index (χ2n) is 53.6. The number of rotatable bonds is 14. The molecule has 13 heteroatoms. The number of methoxy groups -OCH3 is 1. The molecule has 0 radical (unpaired) electrons. The summed E-state index contributed by atoms with van der Waals surface area (Å²) in [6, 6.07) is 31.9. The lowest BCUT2D eigenvalue weighted by molar-refractivity contribution is 0.0600. The zero-order chi connectivity index (χ0) is 107. The van der Waals surface area contributed by atoms with Crippen LogP contribution in [0.5, 0.6) is 51.7 Å². The Balaban J connectivity index is 0.00000169. The quantitative estimate of drug-likeness (QED) is 0.0292. The minimum Gasteiger partial charge on any atom is -0.519 e. The molecule has 800 valence electrons. The maximum Gasteiger partial charge on any atom is 0.337 e. The van der Waals surface area contributed by atoms with Crippen LogP contribution >= 0.6 is 0 Å². The Morgan fingerprint density at radius 3 is 0.796 bits per heavy atom. The number of halogens is 1. The average molecular weight is 1970 g/mol. The molecule has 0 heterocycles. The van der Waals surface area contributed by atoms with Gasteiger partial charge in [-0.15, -0.1) is 0 Å². The van der Waals surface area contributed by atoms with Crippen molar-refractivity contribution >= 4 is 11.7 Å². The monoisotopic (exact) mass is 1960 g/mol. The van der Waals surface area contributed by atoms with Gasteiger partial charge in [-0.2, -0.15) is 0 Å². The molecule has 8 N–H and O–H groups in total. The van der Waals surface area contributed by atoms with Crippen LogP contribution in [0.25, 0.3) is 16.0 Å². The van der Waals surface area contributed by atoms with Crippen LogP contribution in [0.4, 0.5) is 10.1 Å². The molecule has 8 aromatic rings. The zero-order valence-corrected chi connectivity index (χ0v) is 95.2. The van der Waals surface area contributed by atoms with E-state index in [1.807, 2.05) is 60.6 Å². The van der Waals surface area contributed by atoms with Gasteiger partial charge in [0.25, 0.3) is 5.69 Å². The number of aryl methyl sites for hydroxylation is 1. The van der Waals surface area contributed by atoms with Crippen molar-refractivity contribution in [1.29, 1.82) is 0 Å². The first-order valence-corrected chi connectivity index (χ1v) is 51.0. The minimum absolute atomic E-state index is 0. The number of phenols is 8. The third-order valence-electron chi connectivity index (χ3n) is 26.4. The number of carbonyl (C=O) groups excluding carboxylic acids is 1. The van der Waals surface area contributed by atoms with Crippen molar-refractivity contribution in [2.24, 2.45) is 5.92 Å². The third kappa shape index (κ3) is 36.8. The number of phenolic OH excluding ortho intramolecular Hbond substituents is 8. The Bertz CT molecular complexity index is 5030. The fourth-order valence-electron chi connectivity index (χ4n) is 17.8. The normalized spacial score (nSPS) is 14.0. The Kier molecular flexibility index (Phi) is 47.1. The molecule has 1 fully saturated rings. The van der Waals surface area contributed by atoms with Gasteiger partial charge in [0.15, 0.2) is 0 Å². The van der Waals surface area contributed by atoms with E-state index in [0.717, 1.165) is 132 Å². The van der Waals surface area contributed by atoms with Crippen molar-refractivity contribution in [3.05, 3.63) is 220 Å². The van der Waals surface area contributed by atoms with Gasteiger partial charge in [0.1, 0.15) is 57.6 Å². The lowest BCUT2D eigenvalue weighted by Gasteiger charge is -2.30. The van der Waals surface area contributed by atoms with Gasteiger partial charge >= 0.3 is 5.97 Å². The van der Waals surface area contributed by atoms with Crippen LogP contribution < -0.4 is 4.74 Å². The molecule has 0 aromatic heterocycles. The molecule has 8 aromatic carbocycles. The van der Waals surface area contributed by atoms with E-state index in [9.17, 15) is 50.0 Å². The van der Waals surface area contributed by atoms with Gasteiger partial charge in [-0.25, -0.2) is 14.0 Å². The fourth-order valence-corrected chi connectivity index (χ4v) is 17.8.